The number of imidazole rings is 1. The van der Waals surface area contributed by atoms with Gasteiger partial charge in [0.1, 0.15) is 0 Å². The zero-order valence-electron chi connectivity index (χ0n) is 19.9. The fourth-order valence-electron chi connectivity index (χ4n) is 4.61. The van der Waals surface area contributed by atoms with Crippen molar-refractivity contribution in [3.8, 4) is 11.1 Å². The van der Waals surface area contributed by atoms with Crippen LogP contribution in [0.1, 0.15) is 51.1 Å². The lowest BCUT2D eigenvalue weighted by Gasteiger charge is -2.27. The summed E-state index contributed by atoms with van der Waals surface area (Å²) in [4.78, 5) is 14.3. The quantitative estimate of drug-likeness (QED) is 0.347. The van der Waals surface area contributed by atoms with Crippen molar-refractivity contribution in [3.63, 3.8) is 0 Å². The molecule has 1 saturated carbocycles. The summed E-state index contributed by atoms with van der Waals surface area (Å²) in [7, 11) is 0. The molecule has 7 nitrogen and oxygen atoms in total. The number of nitrogens with one attached hydrogen (secondary N) is 2. The molecule has 2 aromatic heterocycles. The third-order valence-electron chi connectivity index (χ3n) is 6.58. The first-order valence-electron chi connectivity index (χ1n) is 12.2. The van der Waals surface area contributed by atoms with E-state index in [9.17, 15) is 0 Å². The Morgan fingerprint density at radius 2 is 1.74 bits per heavy atom. The Hall–Kier alpha value is -3.45. The van der Waals surface area contributed by atoms with Gasteiger partial charge in [-0.2, -0.15) is 9.97 Å². The van der Waals surface area contributed by atoms with Gasteiger partial charge in [0.05, 0.1) is 6.33 Å². The largest absolute Gasteiger partial charge is 0.364 e. The number of aromatic nitrogens is 4. The maximum atomic E-state index is 6.09. The molecule has 0 aliphatic heterocycles. The molecule has 176 valence electrons. The van der Waals surface area contributed by atoms with Crippen molar-refractivity contribution in [2.24, 2.45) is 5.73 Å². The van der Waals surface area contributed by atoms with Gasteiger partial charge in [-0.15, -0.1) is 0 Å². The lowest BCUT2D eigenvalue weighted by Crippen LogP contribution is -2.33. The summed E-state index contributed by atoms with van der Waals surface area (Å²) < 4.78 is 2.10. The molecule has 0 saturated heterocycles. The molecule has 5 rings (SSSR count). The van der Waals surface area contributed by atoms with Crippen molar-refractivity contribution < 1.29 is 0 Å². The highest BCUT2D eigenvalue weighted by molar-refractivity contribution is 5.84. The van der Waals surface area contributed by atoms with E-state index >= 15 is 0 Å². The Balaban J connectivity index is 1.41. The molecule has 0 atom stereocenters. The van der Waals surface area contributed by atoms with E-state index < -0.39 is 0 Å². The van der Waals surface area contributed by atoms with Crippen molar-refractivity contribution in [3.05, 3.63) is 66.5 Å². The summed E-state index contributed by atoms with van der Waals surface area (Å²) in [5, 5.41) is 7.09. The molecule has 1 aliphatic carbocycles. The lowest BCUT2D eigenvalue weighted by atomic mass is 9.92. The number of hydrogen-bond acceptors (Lipinski definition) is 6. The van der Waals surface area contributed by atoms with Crippen LogP contribution in [0.4, 0.5) is 11.8 Å². The van der Waals surface area contributed by atoms with Crippen molar-refractivity contribution in [1.82, 2.24) is 19.5 Å². The molecule has 7 heteroatoms. The number of fused-ring (bicyclic) bond motifs is 1. The first-order valence-corrected chi connectivity index (χ1v) is 12.2. The Labute approximate surface area is 200 Å². The van der Waals surface area contributed by atoms with Crippen LogP contribution in [0.2, 0.25) is 0 Å². The van der Waals surface area contributed by atoms with Crippen LogP contribution in [-0.2, 0) is 6.54 Å². The second-order valence-electron chi connectivity index (χ2n) is 9.49. The molecule has 4 N–H and O–H groups in total. The maximum Gasteiger partial charge on any atom is 0.227 e. The van der Waals surface area contributed by atoms with Gasteiger partial charge in [-0.05, 0) is 62.3 Å². The molecule has 0 radical (unpaired) electrons. The molecule has 0 spiro atoms. The zero-order valence-corrected chi connectivity index (χ0v) is 19.9. The molecule has 1 aliphatic rings. The molecule has 0 unspecified atom stereocenters. The molecular weight excluding hydrogens is 422 g/mol. The number of anilines is 2. The molecular formula is C27H33N7. The van der Waals surface area contributed by atoms with Crippen molar-refractivity contribution >= 4 is 22.9 Å². The van der Waals surface area contributed by atoms with Gasteiger partial charge in [0, 0.05) is 24.7 Å². The predicted molar refractivity (Wildman–Crippen MR) is 139 cm³/mol. The molecule has 1 fully saturated rings. The van der Waals surface area contributed by atoms with Crippen LogP contribution in [0, 0.1) is 0 Å². The molecule has 2 heterocycles. The Morgan fingerprint density at radius 3 is 2.50 bits per heavy atom. The Kier molecular flexibility index (Phi) is 6.45. The van der Waals surface area contributed by atoms with Gasteiger partial charge in [-0.25, -0.2) is 4.98 Å². The second-order valence-corrected chi connectivity index (χ2v) is 9.49. The highest BCUT2D eigenvalue weighted by atomic mass is 15.2. The summed E-state index contributed by atoms with van der Waals surface area (Å²) in [6.07, 6.45) is 6.01. The molecule has 0 bridgehead atoms. The standard InChI is InChI=1S/C27H33N7/c1-18(2)34-17-30-24-25(32-27(33-26(24)34)31-23-13-11-22(28)12-14-23)29-16-19-7-6-10-21(15-19)20-8-4-3-5-9-20/h3-10,15,17-18,22-23H,11-14,16,28H2,1-2H3,(H2,29,31,32,33). The SMILES string of the molecule is CC(C)n1cnc2c(NCc3cccc(-c4ccccc4)c3)nc(NC3CCC(N)CC3)nc21. The van der Waals surface area contributed by atoms with Crippen LogP contribution in [0.5, 0.6) is 0 Å². The minimum Gasteiger partial charge on any atom is -0.364 e. The van der Waals surface area contributed by atoms with Gasteiger partial charge in [0.2, 0.25) is 5.95 Å². The van der Waals surface area contributed by atoms with E-state index in [1.807, 2.05) is 12.4 Å². The first-order chi connectivity index (χ1) is 16.6. The van der Waals surface area contributed by atoms with Gasteiger partial charge >= 0.3 is 0 Å². The van der Waals surface area contributed by atoms with Crippen molar-refractivity contribution in [2.45, 2.75) is 64.2 Å². The average molecular weight is 456 g/mol. The van der Waals surface area contributed by atoms with Gasteiger partial charge in [-0.3, -0.25) is 0 Å². The van der Waals surface area contributed by atoms with E-state index in [1.165, 1.54) is 16.7 Å². The van der Waals surface area contributed by atoms with Gasteiger partial charge in [0.25, 0.3) is 0 Å². The normalized spacial score (nSPS) is 18.4. The molecule has 2 aromatic carbocycles. The number of nitrogens with zero attached hydrogens (tertiary/aromatic N) is 4. The van der Waals surface area contributed by atoms with Crippen LogP contribution in [0.3, 0.4) is 0 Å². The van der Waals surface area contributed by atoms with Gasteiger partial charge in [-0.1, -0.05) is 48.5 Å². The van der Waals surface area contributed by atoms with Crippen molar-refractivity contribution in [1.29, 1.82) is 0 Å². The summed E-state index contributed by atoms with van der Waals surface area (Å²) in [6.45, 7) is 4.93. The van der Waals surface area contributed by atoms with Crippen LogP contribution in [0.25, 0.3) is 22.3 Å². The number of hydrogen-bond donors (Lipinski definition) is 3. The fourth-order valence-corrected chi connectivity index (χ4v) is 4.61. The van der Waals surface area contributed by atoms with Gasteiger partial charge < -0.3 is 20.9 Å². The van der Waals surface area contributed by atoms with Crippen LogP contribution < -0.4 is 16.4 Å². The van der Waals surface area contributed by atoms with Crippen LogP contribution in [0.15, 0.2) is 60.9 Å². The maximum absolute atomic E-state index is 6.09. The minimum absolute atomic E-state index is 0.260. The average Bonchev–Trinajstić information content (AvgIpc) is 3.29. The third-order valence-corrected chi connectivity index (χ3v) is 6.58. The monoisotopic (exact) mass is 455 g/mol. The van der Waals surface area contributed by atoms with E-state index in [4.69, 9.17) is 15.7 Å². The topological polar surface area (TPSA) is 93.7 Å². The van der Waals surface area contributed by atoms with E-state index in [0.29, 0.717) is 24.6 Å². The molecule has 0 amide bonds. The first kappa shape index (κ1) is 22.3. The zero-order chi connectivity index (χ0) is 23.5. The van der Waals surface area contributed by atoms with Crippen molar-refractivity contribution in [2.75, 3.05) is 10.6 Å². The highest BCUT2D eigenvalue weighted by Crippen LogP contribution is 2.27. The number of rotatable bonds is 7. The van der Waals surface area contributed by atoms with Crippen LogP contribution in [-0.4, -0.2) is 31.6 Å². The Morgan fingerprint density at radius 1 is 0.971 bits per heavy atom. The smallest absolute Gasteiger partial charge is 0.227 e. The van der Waals surface area contributed by atoms with Gasteiger partial charge in [0.15, 0.2) is 17.0 Å². The third kappa shape index (κ3) is 4.89. The van der Waals surface area contributed by atoms with E-state index in [0.717, 1.165) is 42.7 Å². The minimum atomic E-state index is 0.260. The highest BCUT2D eigenvalue weighted by Gasteiger charge is 2.21. The summed E-state index contributed by atoms with van der Waals surface area (Å²) >= 11 is 0. The van der Waals surface area contributed by atoms with E-state index in [2.05, 4.69) is 82.6 Å². The predicted octanol–water partition coefficient (Wildman–Crippen LogP) is 5.37. The summed E-state index contributed by atoms with van der Waals surface area (Å²) in [5.41, 5.74) is 11.3. The van der Waals surface area contributed by atoms with E-state index in [-0.39, 0.29) is 6.04 Å². The van der Waals surface area contributed by atoms with Crippen LogP contribution >= 0.6 is 0 Å². The summed E-state index contributed by atoms with van der Waals surface area (Å²) in [5.74, 6) is 1.40. The second kappa shape index (κ2) is 9.81. The molecule has 4 aromatic rings. The molecule has 34 heavy (non-hydrogen) atoms. The number of nitrogens with two attached hydrogens (primary N) is 1. The lowest BCUT2D eigenvalue weighted by molar-refractivity contribution is 0.410. The Bertz CT molecular complexity index is 1240. The van der Waals surface area contributed by atoms with E-state index in [1.54, 1.807) is 0 Å². The number of benzene rings is 2. The summed E-state index contributed by atoms with van der Waals surface area (Å²) in [6, 6.07) is 20.0. The fraction of sp³-hybridized carbons (Fsp3) is 0.370.